The summed E-state index contributed by atoms with van der Waals surface area (Å²) in [5, 5.41) is 0.740. The first kappa shape index (κ1) is 16.9. The summed E-state index contributed by atoms with van der Waals surface area (Å²) in [6.07, 6.45) is 9.11. The molecule has 2 aromatic rings. The number of benzene rings is 2. The predicted molar refractivity (Wildman–Crippen MR) is 101 cm³/mol. The van der Waals surface area contributed by atoms with Crippen LogP contribution in [0.25, 0.3) is 12.2 Å². The van der Waals surface area contributed by atoms with Crippen molar-refractivity contribution in [1.82, 2.24) is 0 Å². The highest BCUT2D eigenvalue weighted by atomic mass is 35.5. The molecule has 0 amide bonds. The fraction of sp³-hybridized carbons (Fsp3) is 0.333. The number of hydrogen-bond acceptors (Lipinski definition) is 2. The molecule has 24 heavy (non-hydrogen) atoms. The first-order valence-electron chi connectivity index (χ1n) is 8.41. The van der Waals surface area contributed by atoms with Crippen LogP contribution in [0.2, 0.25) is 5.02 Å². The highest BCUT2D eigenvalue weighted by Crippen LogP contribution is 2.44. The van der Waals surface area contributed by atoms with Gasteiger partial charge in [-0.25, -0.2) is 0 Å². The molecule has 1 saturated carbocycles. The maximum absolute atomic E-state index is 6.04. The second kappa shape index (κ2) is 7.76. The number of hydrogen-bond donors (Lipinski definition) is 0. The van der Waals surface area contributed by atoms with Crippen LogP contribution in [0, 0.1) is 0 Å². The van der Waals surface area contributed by atoms with Crippen LogP contribution in [0.4, 0.5) is 0 Å². The van der Waals surface area contributed by atoms with Crippen molar-refractivity contribution in [3.63, 3.8) is 0 Å². The Hall–Kier alpha value is -1.93. The van der Waals surface area contributed by atoms with Crippen molar-refractivity contribution in [1.29, 1.82) is 0 Å². The Labute approximate surface area is 149 Å². The largest absolute Gasteiger partial charge is 0.496 e. The van der Waals surface area contributed by atoms with E-state index in [9.17, 15) is 0 Å². The van der Waals surface area contributed by atoms with Gasteiger partial charge in [-0.3, -0.25) is 0 Å². The van der Waals surface area contributed by atoms with Crippen molar-refractivity contribution in [2.24, 2.45) is 0 Å². The quantitative estimate of drug-likeness (QED) is 0.603. The summed E-state index contributed by atoms with van der Waals surface area (Å²) in [7, 11) is 3.47. The molecule has 0 N–H and O–H groups in total. The van der Waals surface area contributed by atoms with Gasteiger partial charge in [-0.05, 0) is 54.2 Å². The van der Waals surface area contributed by atoms with Gasteiger partial charge < -0.3 is 9.47 Å². The van der Waals surface area contributed by atoms with Crippen molar-refractivity contribution < 1.29 is 9.47 Å². The maximum atomic E-state index is 6.04. The molecule has 1 aliphatic carbocycles. The van der Waals surface area contributed by atoms with Gasteiger partial charge in [0.1, 0.15) is 11.5 Å². The third kappa shape index (κ3) is 3.76. The molecule has 0 radical (unpaired) electrons. The molecule has 1 fully saturated rings. The number of methoxy groups -OCH3 is 2. The Morgan fingerprint density at radius 1 is 0.917 bits per heavy atom. The average Bonchev–Trinajstić information content (AvgIpc) is 3.13. The van der Waals surface area contributed by atoms with Crippen molar-refractivity contribution >= 4 is 23.8 Å². The van der Waals surface area contributed by atoms with Crippen LogP contribution >= 0.6 is 11.6 Å². The summed E-state index contributed by atoms with van der Waals surface area (Å²) < 4.78 is 11.4. The van der Waals surface area contributed by atoms with Crippen molar-refractivity contribution in [2.45, 2.75) is 31.6 Å². The lowest BCUT2D eigenvalue weighted by Crippen LogP contribution is -2.01. The van der Waals surface area contributed by atoms with E-state index in [4.69, 9.17) is 21.1 Å². The van der Waals surface area contributed by atoms with Gasteiger partial charge in [0.25, 0.3) is 0 Å². The van der Waals surface area contributed by atoms with E-state index >= 15 is 0 Å². The van der Waals surface area contributed by atoms with E-state index in [1.54, 1.807) is 14.2 Å². The first-order valence-corrected chi connectivity index (χ1v) is 8.78. The Kier molecular flexibility index (Phi) is 5.47. The Morgan fingerprint density at radius 3 is 2.12 bits per heavy atom. The fourth-order valence-electron chi connectivity index (χ4n) is 3.47. The van der Waals surface area contributed by atoms with Gasteiger partial charge in [-0.2, -0.15) is 0 Å². The summed E-state index contributed by atoms with van der Waals surface area (Å²) in [4.78, 5) is 0. The zero-order valence-corrected chi connectivity index (χ0v) is 15.0. The van der Waals surface area contributed by atoms with Crippen LogP contribution in [-0.2, 0) is 0 Å². The van der Waals surface area contributed by atoms with Gasteiger partial charge in [-0.15, -0.1) is 0 Å². The monoisotopic (exact) mass is 342 g/mol. The van der Waals surface area contributed by atoms with Crippen LogP contribution in [0.1, 0.15) is 48.3 Å². The average molecular weight is 343 g/mol. The summed E-state index contributed by atoms with van der Waals surface area (Å²) in [6.45, 7) is 0. The lowest BCUT2D eigenvalue weighted by Gasteiger charge is -2.19. The second-order valence-electron chi connectivity index (χ2n) is 6.21. The minimum absolute atomic E-state index is 0.542. The molecule has 1 aliphatic rings. The van der Waals surface area contributed by atoms with Gasteiger partial charge in [0.05, 0.1) is 14.2 Å². The van der Waals surface area contributed by atoms with Gasteiger partial charge in [0.2, 0.25) is 0 Å². The zero-order valence-electron chi connectivity index (χ0n) is 14.2. The molecular formula is C21H23ClO2. The lowest BCUT2D eigenvalue weighted by molar-refractivity contribution is 0.378. The molecule has 3 heteroatoms. The normalized spacial score (nSPS) is 15.1. The SMILES string of the molecule is COc1cc(C=Cc2cccc(Cl)c2)cc(OC)c1C1CCCC1. The smallest absolute Gasteiger partial charge is 0.126 e. The van der Waals surface area contributed by atoms with Gasteiger partial charge in [-0.1, -0.05) is 48.7 Å². The molecule has 0 saturated heterocycles. The number of ether oxygens (including phenoxy) is 2. The lowest BCUT2D eigenvalue weighted by atomic mass is 9.94. The molecular weight excluding hydrogens is 320 g/mol. The highest BCUT2D eigenvalue weighted by molar-refractivity contribution is 6.30. The van der Waals surface area contributed by atoms with Crippen LogP contribution in [0.15, 0.2) is 36.4 Å². The Balaban J connectivity index is 1.94. The molecule has 0 aliphatic heterocycles. The molecule has 3 rings (SSSR count). The number of rotatable bonds is 5. The molecule has 2 aromatic carbocycles. The molecule has 0 spiro atoms. The van der Waals surface area contributed by atoms with E-state index in [2.05, 4.69) is 24.3 Å². The second-order valence-corrected chi connectivity index (χ2v) is 6.65. The third-order valence-corrected chi connectivity index (χ3v) is 4.88. The van der Waals surface area contributed by atoms with E-state index < -0.39 is 0 Å². The molecule has 0 aromatic heterocycles. The summed E-state index contributed by atoms with van der Waals surface area (Å²) in [5.74, 6) is 2.39. The predicted octanol–water partition coefficient (Wildman–Crippen LogP) is 6.19. The van der Waals surface area contributed by atoms with Gasteiger partial charge in [0, 0.05) is 10.6 Å². The minimum atomic E-state index is 0.542. The van der Waals surface area contributed by atoms with E-state index in [0.717, 1.165) is 27.6 Å². The number of halogens is 1. The van der Waals surface area contributed by atoms with Crippen LogP contribution in [0.5, 0.6) is 11.5 Å². The topological polar surface area (TPSA) is 18.5 Å². The first-order chi connectivity index (χ1) is 11.7. The van der Waals surface area contributed by atoms with Crippen molar-refractivity contribution in [3.05, 3.63) is 58.1 Å². The highest BCUT2D eigenvalue weighted by Gasteiger charge is 2.24. The van der Waals surface area contributed by atoms with E-state index in [0.29, 0.717) is 5.92 Å². The molecule has 0 unspecified atom stereocenters. The summed E-state index contributed by atoms with van der Waals surface area (Å²) >= 11 is 6.04. The van der Waals surface area contributed by atoms with Crippen molar-refractivity contribution in [3.8, 4) is 11.5 Å². The fourth-order valence-corrected chi connectivity index (χ4v) is 3.67. The van der Waals surface area contributed by atoms with Crippen molar-refractivity contribution in [2.75, 3.05) is 14.2 Å². The molecule has 0 bridgehead atoms. The Bertz CT molecular complexity index is 705. The third-order valence-electron chi connectivity index (χ3n) is 4.65. The summed E-state index contributed by atoms with van der Waals surface area (Å²) in [6, 6.07) is 12.0. The summed E-state index contributed by atoms with van der Waals surface area (Å²) in [5.41, 5.74) is 3.35. The molecule has 0 atom stereocenters. The molecule has 0 heterocycles. The van der Waals surface area contributed by atoms with Crippen LogP contribution < -0.4 is 9.47 Å². The van der Waals surface area contributed by atoms with E-state index in [1.807, 2.05) is 24.3 Å². The standard InChI is InChI=1S/C21H23ClO2/c1-23-19-13-16(11-10-15-6-5-9-18(22)12-15)14-20(24-2)21(19)17-7-3-4-8-17/h5-6,9-14,17H,3-4,7-8H2,1-2H3. The van der Waals surface area contributed by atoms with E-state index in [-0.39, 0.29) is 0 Å². The van der Waals surface area contributed by atoms with Gasteiger partial charge in [0.15, 0.2) is 0 Å². The van der Waals surface area contributed by atoms with Gasteiger partial charge >= 0.3 is 0 Å². The maximum Gasteiger partial charge on any atom is 0.126 e. The molecule has 2 nitrogen and oxygen atoms in total. The Morgan fingerprint density at radius 2 is 1.54 bits per heavy atom. The van der Waals surface area contributed by atoms with Crippen LogP contribution in [0.3, 0.4) is 0 Å². The zero-order chi connectivity index (χ0) is 16.9. The van der Waals surface area contributed by atoms with Crippen LogP contribution in [-0.4, -0.2) is 14.2 Å². The molecule has 126 valence electrons. The minimum Gasteiger partial charge on any atom is -0.496 e. The van der Waals surface area contributed by atoms with E-state index in [1.165, 1.54) is 31.2 Å².